The fourth-order valence-corrected chi connectivity index (χ4v) is 1.26. The van der Waals surface area contributed by atoms with Gasteiger partial charge in [-0.25, -0.2) is 4.39 Å². The summed E-state index contributed by atoms with van der Waals surface area (Å²) in [4.78, 5) is 0. The van der Waals surface area contributed by atoms with Crippen molar-refractivity contribution in [1.82, 2.24) is 5.32 Å². The van der Waals surface area contributed by atoms with E-state index in [1.165, 1.54) is 5.56 Å². The summed E-state index contributed by atoms with van der Waals surface area (Å²) in [5.41, 5.74) is 0.174. The zero-order chi connectivity index (χ0) is 10.4. The standard InChI is InChI=1S/C12H18FN/c1-12(2,13)10-14-9-8-11-6-4-3-5-7-11/h3-7,14H,8-10H2,1-2H3. The molecule has 78 valence electrons. The highest BCUT2D eigenvalue weighted by Crippen LogP contribution is 2.05. The monoisotopic (exact) mass is 195 g/mol. The molecule has 0 atom stereocenters. The van der Waals surface area contributed by atoms with Gasteiger partial charge in [-0.1, -0.05) is 30.3 Å². The van der Waals surface area contributed by atoms with E-state index in [1.807, 2.05) is 18.2 Å². The van der Waals surface area contributed by atoms with E-state index in [-0.39, 0.29) is 0 Å². The van der Waals surface area contributed by atoms with Crippen LogP contribution in [-0.2, 0) is 6.42 Å². The minimum absolute atomic E-state index is 0.417. The fraction of sp³-hybridized carbons (Fsp3) is 0.500. The van der Waals surface area contributed by atoms with Crippen molar-refractivity contribution >= 4 is 0 Å². The highest BCUT2D eigenvalue weighted by atomic mass is 19.1. The van der Waals surface area contributed by atoms with Crippen LogP contribution in [0.5, 0.6) is 0 Å². The van der Waals surface area contributed by atoms with Gasteiger partial charge >= 0.3 is 0 Å². The third-order valence-corrected chi connectivity index (χ3v) is 1.98. The van der Waals surface area contributed by atoms with Gasteiger partial charge in [0.05, 0.1) is 0 Å². The molecule has 0 spiro atoms. The first-order chi connectivity index (χ1) is 6.58. The summed E-state index contributed by atoms with van der Waals surface area (Å²) < 4.78 is 13.1. The number of benzene rings is 1. The van der Waals surface area contributed by atoms with E-state index in [4.69, 9.17) is 0 Å². The van der Waals surface area contributed by atoms with Gasteiger partial charge < -0.3 is 5.32 Å². The second-order valence-electron chi connectivity index (χ2n) is 4.13. The minimum atomic E-state index is -1.11. The Morgan fingerprint density at radius 1 is 1.21 bits per heavy atom. The molecular formula is C12H18FN. The Morgan fingerprint density at radius 2 is 1.86 bits per heavy atom. The molecule has 0 unspecified atom stereocenters. The summed E-state index contributed by atoms with van der Waals surface area (Å²) >= 11 is 0. The third-order valence-electron chi connectivity index (χ3n) is 1.98. The Labute approximate surface area is 85.3 Å². The highest BCUT2D eigenvalue weighted by Gasteiger charge is 2.13. The zero-order valence-electron chi connectivity index (χ0n) is 8.89. The zero-order valence-corrected chi connectivity index (χ0v) is 8.89. The van der Waals surface area contributed by atoms with Gasteiger partial charge in [-0.15, -0.1) is 0 Å². The summed E-state index contributed by atoms with van der Waals surface area (Å²) in [7, 11) is 0. The molecule has 0 fully saturated rings. The lowest BCUT2D eigenvalue weighted by molar-refractivity contribution is 0.211. The fourth-order valence-electron chi connectivity index (χ4n) is 1.26. The van der Waals surface area contributed by atoms with Crippen LogP contribution in [0.4, 0.5) is 4.39 Å². The number of hydrogen-bond donors (Lipinski definition) is 1. The Balaban J connectivity index is 2.17. The molecule has 1 aromatic rings. The molecule has 2 heteroatoms. The van der Waals surface area contributed by atoms with Crippen molar-refractivity contribution < 1.29 is 4.39 Å². The lowest BCUT2D eigenvalue weighted by Gasteiger charge is -2.14. The lowest BCUT2D eigenvalue weighted by atomic mass is 10.1. The summed E-state index contributed by atoms with van der Waals surface area (Å²) in [5, 5.41) is 3.10. The largest absolute Gasteiger partial charge is 0.313 e. The van der Waals surface area contributed by atoms with E-state index in [9.17, 15) is 4.39 Å². The van der Waals surface area contributed by atoms with E-state index in [0.717, 1.165) is 13.0 Å². The van der Waals surface area contributed by atoms with Crippen LogP contribution in [0.3, 0.4) is 0 Å². The number of hydrogen-bond acceptors (Lipinski definition) is 1. The maximum absolute atomic E-state index is 13.1. The molecule has 0 aromatic heterocycles. The molecule has 0 aliphatic rings. The average Bonchev–Trinajstić information content (AvgIpc) is 2.13. The van der Waals surface area contributed by atoms with Crippen LogP contribution in [0.15, 0.2) is 30.3 Å². The molecule has 0 aliphatic heterocycles. The SMILES string of the molecule is CC(C)(F)CNCCc1ccccc1. The van der Waals surface area contributed by atoms with Crippen molar-refractivity contribution in [2.24, 2.45) is 0 Å². The van der Waals surface area contributed by atoms with Gasteiger partial charge in [0.2, 0.25) is 0 Å². The number of rotatable bonds is 5. The molecule has 0 saturated heterocycles. The Hall–Kier alpha value is -0.890. The topological polar surface area (TPSA) is 12.0 Å². The Bertz CT molecular complexity index is 251. The van der Waals surface area contributed by atoms with Gasteiger partial charge in [-0.2, -0.15) is 0 Å². The van der Waals surface area contributed by atoms with E-state index in [1.54, 1.807) is 13.8 Å². The summed E-state index contributed by atoms with van der Waals surface area (Å²) in [6, 6.07) is 10.2. The second-order valence-corrected chi connectivity index (χ2v) is 4.13. The lowest BCUT2D eigenvalue weighted by Crippen LogP contribution is -2.32. The smallest absolute Gasteiger partial charge is 0.117 e. The molecule has 0 aliphatic carbocycles. The number of nitrogens with one attached hydrogen (secondary N) is 1. The van der Waals surface area contributed by atoms with Crippen LogP contribution in [-0.4, -0.2) is 18.8 Å². The first kappa shape index (κ1) is 11.2. The molecule has 0 saturated carbocycles. The van der Waals surface area contributed by atoms with Crippen molar-refractivity contribution in [2.75, 3.05) is 13.1 Å². The van der Waals surface area contributed by atoms with Crippen LogP contribution >= 0.6 is 0 Å². The van der Waals surface area contributed by atoms with Crippen molar-refractivity contribution in [3.05, 3.63) is 35.9 Å². The first-order valence-corrected chi connectivity index (χ1v) is 5.01. The number of alkyl halides is 1. The maximum atomic E-state index is 13.1. The van der Waals surface area contributed by atoms with Crippen LogP contribution < -0.4 is 5.32 Å². The van der Waals surface area contributed by atoms with Gasteiger partial charge in [0.1, 0.15) is 5.67 Å². The van der Waals surface area contributed by atoms with Gasteiger partial charge in [0.25, 0.3) is 0 Å². The molecule has 1 nitrogen and oxygen atoms in total. The Morgan fingerprint density at radius 3 is 2.43 bits per heavy atom. The maximum Gasteiger partial charge on any atom is 0.117 e. The quantitative estimate of drug-likeness (QED) is 0.712. The van der Waals surface area contributed by atoms with Crippen molar-refractivity contribution in [3.63, 3.8) is 0 Å². The van der Waals surface area contributed by atoms with Crippen LogP contribution in [0.25, 0.3) is 0 Å². The second kappa shape index (κ2) is 5.11. The molecule has 0 bridgehead atoms. The van der Waals surface area contributed by atoms with Crippen LogP contribution in [0.1, 0.15) is 19.4 Å². The van der Waals surface area contributed by atoms with Gasteiger partial charge in [0, 0.05) is 6.54 Å². The molecule has 14 heavy (non-hydrogen) atoms. The Kier molecular flexibility index (Phi) is 4.08. The van der Waals surface area contributed by atoms with Crippen molar-refractivity contribution in [3.8, 4) is 0 Å². The van der Waals surface area contributed by atoms with Crippen molar-refractivity contribution in [2.45, 2.75) is 25.9 Å². The molecule has 1 N–H and O–H groups in total. The average molecular weight is 195 g/mol. The summed E-state index contributed by atoms with van der Waals surface area (Å²) in [6.45, 7) is 4.42. The van der Waals surface area contributed by atoms with E-state index in [0.29, 0.717) is 6.54 Å². The van der Waals surface area contributed by atoms with Crippen molar-refractivity contribution in [1.29, 1.82) is 0 Å². The molecule has 0 radical (unpaired) electrons. The predicted molar refractivity (Wildman–Crippen MR) is 58.2 cm³/mol. The highest BCUT2D eigenvalue weighted by molar-refractivity contribution is 5.14. The van der Waals surface area contributed by atoms with Crippen LogP contribution in [0, 0.1) is 0 Å². The normalized spacial score (nSPS) is 11.6. The van der Waals surface area contributed by atoms with E-state index >= 15 is 0 Å². The van der Waals surface area contributed by atoms with E-state index < -0.39 is 5.67 Å². The number of halogens is 1. The third kappa shape index (κ3) is 4.97. The minimum Gasteiger partial charge on any atom is -0.313 e. The van der Waals surface area contributed by atoms with Gasteiger partial charge in [0.15, 0.2) is 0 Å². The van der Waals surface area contributed by atoms with Gasteiger partial charge in [-0.3, -0.25) is 0 Å². The summed E-state index contributed by atoms with van der Waals surface area (Å²) in [6.07, 6.45) is 0.955. The molecular weight excluding hydrogens is 177 g/mol. The molecule has 1 aromatic carbocycles. The molecule has 1 rings (SSSR count). The van der Waals surface area contributed by atoms with Gasteiger partial charge in [-0.05, 0) is 32.4 Å². The van der Waals surface area contributed by atoms with Crippen LogP contribution in [0.2, 0.25) is 0 Å². The van der Waals surface area contributed by atoms with E-state index in [2.05, 4.69) is 17.4 Å². The molecule has 0 amide bonds. The predicted octanol–water partition coefficient (Wildman–Crippen LogP) is 2.57. The summed E-state index contributed by atoms with van der Waals surface area (Å²) in [5.74, 6) is 0. The molecule has 0 heterocycles. The first-order valence-electron chi connectivity index (χ1n) is 5.01.